The van der Waals surface area contributed by atoms with Gasteiger partial charge in [-0.25, -0.2) is 21.6 Å². The summed E-state index contributed by atoms with van der Waals surface area (Å²) < 4.78 is 53.7. The molecular formula is C14H18N2O4S3. The fourth-order valence-electron chi connectivity index (χ4n) is 1.82. The van der Waals surface area contributed by atoms with Gasteiger partial charge in [-0.1, -0.05) is 25.5 Å². The van der Waals surface area contributed by atoms with Crippen LogP contribution in [0.3, 0.4) is 0 Å². The van der Waals surface area contributed by atoms with Gasteiger partial charge in [0.2, 0.25) is 10.0 Å². The van der Waals surface area contributed by atoms with E-state index in [1.807, 2.05) is 6.92 Å². The molecule has 0 aliphatic carbocycles. The van der Waals surface area contributed by atoms with Crippen LogP contribution in [0.2, 0.25) is 0 Å². The van der Waals surface area contributed by atoms with Gasteiger partial charge in [0.1, 0.15) is 4.21 Å². The number of benzene rings is 1. The van der Waals surface area contributed by atoms with Crippen LogP contribution in [0, 0.1) is 0 Å². The van der Waals surface area contributed by atoms with E-state index in [0.29, 0.717) is 6.54 Å². The highest BCUT2D eigenvalue weighted by atomic mass is 32.2. The molecule has 0 bridgehead atoms. The van der Waals surface area contributed by atoms with Crippen molar-refractivity contribution in [3.63, 3.8) is 0 Å². The minimum absolute atomic E-state index is 0.0278. The molecule has 2 rings (SSSR count). The number of sulfonamides is 2. The Morgan fingerprint density at radius 3 is 2.48 bits per heavy atom. The Morgan fingerprint density at radius 2 is 1.83 bits per heavy atom. The second-order valence-corrected chi connectivity index (χ2v) is 9.44. The molecule has 0 saturated heterocycles. The van der Waals surface area contributed by atoms with Crippen LogP contribution in [0.15, 0.2) is 50.9 Å². The van der Waals surface area contributed by atoms with Crippen LogP contribution < -0.4 is 9.44 Å². The highest BCUT2D eigenvalue weighted by Gasteiger charge is 2.18. The molecule has 1 aromatic carbocycles. The number of hydrogen-bond donors (Lipinski definition) is 2. The second-order valence-electron chi connectivity index (χ2n) is 4.82. The molecule has 1 heterocycles. The molecule has 0 spiro atoms. The van der Waals surface area contributed by atoms with Gasteiger partial charge < -0.3 is 0 Å². The van der Waals surface area contributed by atoms with Gasteiger partial charge in [-0.2, -0.15) is 0 Å². The van der Waals surface area contributed by atoms with Crippen molar-refractivity contribution in [3.05, 3.63) is 41.8 Å². The summed E-state index contributed by atoms with van der Waals surface area (Å²) in [5, 5.41) is 1.66. The zero-order valence-electron chi connectivity index (χ0n) is 12.5. The number of unbranched alkanes of at least 4 members (excludes halogenated alkanes) is 1. The molecule has 2 aromatic rings. The van der Waals surface area contributed by atoms with E-state index in [0.717, 1.165) is 24.2 Å². The summed E-state index contributed by atoms with van der Waals surface area (Å²) in [5.74, 6) is 0. The lowest BCUT2D eigenvalue weighted by atomic mass is 10.3. The van der Waals surface area contributed by atoms with E-state index in [-0.39, 0.29) is 14.8 Å². The van der Waals surface area contributed by atoms with Crippen LogP contribution in [-0.4, -0.2) is 23.4 Å². The van der Waals surface area contributed by atoms with Gasteiger partial charge in [-0.3, -0.25) is 4.72 Å². The molecule has 1 aromatic heterocycles. The van der Waals surface area contributed by atoms with Gasteiger partial charge in [0.25, 0.3) is 10.0 Å². The van der Waals surface area contributed by atoms with Crippen LogP contribution in [0.1, 0.15) is 19.8 Å². The van der Waals surface area contributed by atoms with Crippen LogP contribution in [-0.2, 0) is 20.0 Å². The van der Waals surface area contributed by atoms with E-state index in [2.05, 4.69) is 9.44 Å². The van der Waals surface area contributed by atoms with Crippen molar-refractivity contribution in [1.82, 2.24) is 4.72 Å². The predicted molar refractivity (Wildman–Crippen MR) is 91.7 cm³/mol. The minimum Gasteiger partial charge on any atom is -0.279 e. The highest BCUT2D eigenvalue weighted by molar-refractivity contribution is 7.94. The molecule has 0 unspecified atom stereocenters. The maximum absolute atomic E-state index is 12.2. The van der Waals surface area contributed by atoms with Gasteiger partial charge in [0.15, 0.2) is 0 Å². The van der Waals surface area contributed by atoms with Gasteiger partial charge in [-0.15, -0.1) is 11.3 Å². The van der Waals surface area contributed by atoms with Crippen LogP contribution in [0.5, 0.6) is 0 Å². The van der Waals surface area contributed by atoms with Gasteiger partial charge in [0, 0.05) is 6.54 Å². The molecule has 0 aliphatic heterocycles. The van der Waals surface area contributed by atoms with Crippen molar-refractivity contribution in [2.24, 2.45) is 0 Å². The lowest BCUT2D eigenvalue weighted by Crippen LogP contribution is -2.24. The summed E-state index contributed by atoms with van der Waals surface area (Å²) in [6.45, 7) is 2.32. The van der Waals surface area contributed by atoms with Gasteiger partial charge in [-0.05, 0) is 36.1 Å². The first-order chi connectivity index (χ1) is 10.8. The molecule has 9 heteroatoms. The number of thiophene rings is 1. The Balaban J connectivity index is 2.20. The molecule has 126 valence electrons. The van der Waals surface area contributed by atoms with Crippen LogP contribution in [0.25, 0.3) is 0 Å². The third kappa shape index (κ3) is 4.77. The number of anilines is 1. The molecule has 0 amide bonds. The fraction of sp³-hybridized carbons (Fsp3) is 0.286. The van der Waals surface area contributed by atoms with Crippen molar-refractivity contribution in [1.29, 1.82) is 0 Å². The van der Waals surface area contributed by atoms with Crippen molar-refractivity contribution in [2.45, 2.75) is 28.9 Å². The van der Waals surface area contributed by atoms with E-state index in [4.69, 9.17) is 0 Å². The number of hydrogen-bond acceptors (Lipinski definition) is 5. The highest BCUT2D eigenvalue weighted by Crippen LogP contribution is 2.22. The van der Waals surface area contributed by atoms with E-state index < -0.39 is 20.0 Å². The van der Waals surface area contributed by atoms with Gasteiger partial charge in [0.05, 0.1) is 10.6 Å². The zero-order valence-corrected chi connectivity index (χ0v) is 15.0. The molecule has 0 atom stereocenters. The first kappa shape index (κ1) is 17.9. The van der Waals surface area contributed by atoms with Crippen LogP contribution in [0.4, 0.5) is 5.69 Å². The Bertz CT molecular complexity index is 844. The third-order valence-corrected chi connectivity index (χ3v) is 7.22. The normalized spacial score (nSPS) is 12.2. The molecular weight excluding hydrogens is 356 g/mol. The Kier molecular flexibility index (Phi) is 5.79. The minimum atomic E-state index is -3.70. The maximum atomic E-state index is 12.2. The first-order valence-electron chi connectivity index (χ1n) is 7.01. The zero-order chi connectivity index (χ0) is 16.9. The van der Waals surface area contributed by atoms with E-state index in [1.165, 1.54) is 30.3 Å². The van der Waals surface area contributed by atoms with Crippen molar-refractivity contribution < 1.29 is 16.8 Å². The molecule has 0 saturated carbocycles. The van der Waals surface area contributed by atoms with E-state index in [9.17, 15) is 16.8 Å². The van der Waals surface area contributed by atoms with Gasteiger partial charge >= 0.3 is 0 Å². The quantitative estimate of drug-likeness (QED) is 0.695. The van der Waals surface area contributed by atoms with Crippen LogP contribution >= 0.6 is 11.3 Å². The third-order valence-electron chi connectivity index (χ3n) is 2.98. The molecule has 2 N–H and O–H groups in total. The molecule has 0 fully saturated rings. The van der Waals surface area contributed by atoms with Crippen molar-refractivity contribution >= 4 is 37.1 Å². The number of rotatable bonds is 8. The second kappa shape index (κ2) is 7.43. The summed E-state index contributed by atoms with van der Waals surface area (Å²) in [4.78, 5) is 0.0278. The number of nitrogens with one attached hydrogen (secondary N) is 2. The average Bonchev–Trinajstić information content (AvgIpc) is 3.02. The van der Waals surface area contributed by atoms with E-state index >= 15 is 0 Å². The van der Waals surface area contributed by atoms with Crippen molar-refractivity contribution in [2.75, 3.05) is 11.3 Å². The molecule has 23 heavy (non-hydrogen) atoms. The predicted octanol–water partition coefficient (Wildman–Crippen LogP) is 2.63. The summed E-state index contributed by atoms with van der Waals surface area (Å²) >= 11 is 1.09. The Labute approximate surface area is 140 Å². The molecule has 0 radical (unpaired) electrons. The van der Waals surface area contributed by atoms with Crippen molar-refractivity contribution in [3.8, 4) is 0 Å². The lowest BCUT2D eigenvalue weighted by Gasteiger charge is -2.09. The van der Waals surface area contributed by atoms with E-state index in [1.54, 1.807) is 11.4 Å². The largest absolute Gasteiger partial charge is 0.279 e. The molecule has 6 nitrogen and oxygen atoms in total. The molecule has 0 aliphatic rings. The SMILES string of the molecule is CCCCNS(=O)(=O)c1cccc(NS(=O)(=O)c2cccs2)c1. The topological polar surface area (TPSA) is 92.3 Å². The smallest absolute Gasteiger partial charge is 0.271 e. The summed E-state index contributed by atoms with van der Waals surface area (Å²) in [6.07, 6.45) is 1.62. The Morgan fingerprint density at radius 1 is 1.04 bits per heavy atom. The maximum Gasteiger partial charge on any atom is 0.271 e. The monoisotopic (exact) mass is 374 g/mol. The first-order valence-corrected chi connectivity index (χ1v) is 10.9. The summed E-state index contributed by atoms with van der Waals surface area (Å²) in [7, 11) is -7.35. The lowest BCUT2D eigenvalue weighted by molar-refractivity contribution is 0.578. The fourth-order valence-corrected chi connectivity index (χ4v) is 4.98. The standard InChI is InChI=1S/C14H18N2O4S3/c1-2-3-9-15-22(17,18)13-7-4-6-12(11-13)16-23(19,20)14-8-5-10-21-14/h4-8,10-11,15-16H,2-3,9H2,1H3. The average molecular weight is 375 g/mol. The summed E-state index contributed by atoms with van der Waals surface area (Å²) in [6, 6.07) is 8.87. The summed E-state index contributed by atoms with van der Waals surface area (Å²) in [5.41, 5.74) is 0.205. The Hall–Kier alpha value is -1.42.